The number of nitrogens with one attached hydrogen (secondary N) is 1. The molecule has 0 bridgehead atoms. The van der Waals surface area contributed by atoms with Crippen LogP contribution < -0.4 is 5.32 Å². The van der Waals surface area contributed by atoms with Crippen molar-refractivity contribution in [3.63, 3.8) is 0 Å². The average Bonchev–Trinajstić information content (AvgIpc) is 2.34. The molecule has 0 aliphatic rings. The van der Waals surface area contributed by atoms with Crippen LogP contribution in [0.15, 0.2) is 33.6 Å². The summed E-state index contributed by atoms with van der Waals surface area (Å²) in [4.78, 5) is 12.4. The predicted octanol–water partition coefficient (Wildman–Crippen LogP) is 3.38. The van der Waals surface area contributed by atoms with Gasteiger partial charge in [0.05, 0.1) is 0 Å². The lowest BCUT2D eigenvalue weighted by Crippen LogP contribution is -2.51. The summed E-state index contributed by atoms with van der Waals surface area (Å²) >= 11 is 4.96. The lowest BCUT2D eigenvalue weighted by atomic mass is 10.1. The Morgan fingerprint density at radius 1 is 1.56 bits per heavy atom. The van der Waals surface area contributed by atoms with Crippen LogP contribution in [-0.2, 0) is 4.79 Å². The minimum absolute atomic E-state index is 0.499. The Morgan fingerprint density at radius 3 is 2.83 bits per heavy atom. The zero-order chi connectivity index (χ0) is 13.6. The number of benzene rings is 1. The summed E-state index contributed by atoms with van der Waals surface area (Å²) in [6.07, 6.45) is 0.921. The Labute approximate surface area is 120 Å². The molecule has 0 aliphatic heterocycles. The number of rotatable bonds is 7. The van der Waals surface area contributed by atoms with Crippen molar-refractivity contribution in [2.45, 2.75) is 30.7 Å². The van der Waals surface area contributed by atoms with Gasteiger partial charge in [0.25, 0.3) is 0 Å². The van der Waals surface area contributed by atoms with E-state index in [2.05, 4.69) is 21.2 Å². The summed E-state index contributed by atoms with van der Waals surface area (Å²) in [5.41, 5.74) is -0.886. The number of carboxylic acid groups (broad SMARTS) is 1. The summed E-state index contributed by atoms with van der Waals surface area (Å²) < 4.78 is 1.01. The van der Waals surface area contributed by atoms with Gasteiger partial charge in [-0.25, -0.2) is 0 Å². The van der Waals surface area contributed by atoms with Crippen LogP contribution in [0.4, 0.5) is 0 Å². The first-order chi connectivity index (χ1) is 8.48. The van der Waals surface area contributed by atoms with Gasteiger partial charge in [-0.2, -0.15) is 0 Å². The average molecular weight is 332 g/mol. The van der Waals surface area contributed by atoms with Crippen molar-refractivity contribution in [1.29, 1.82) is 0 Å². The molecule has 0 radical (unpaired) electrons. The topological polar surface area (TPSA) is 49.3 Å². The quantitative estimate of drug-likeness (QED) is 0.752. The standard InChI is InChI=1S/C13H18BrNO2S/c1-3-7-15-13(2,12(16)17)9-18-11-6-4-5-10(14)8-11/h4-6,8,15H,3,7,9H2,1-2H3,(H,16,17). The molecule has 1 rings (SSSR count). The number of carboxylic acids is 1. The maximum atomic E-state index is 11.3. The van der Waals surface area contributed by atoms with Gasteiger partial charge in [-0.05, 0) is 38.1 Å². The van der Waals surface area contributed by atoms with Crippen molar-refractivity contribution >= 4 is 33.7 Å². The Bertz CT molecular complexity index is 414. The van der Waals surface area contributed by atoms with Crippen LogP contribution >= 0.6 is 27.7 Å². The second-order valence-corrected chi connectivity index (χ2v) is 6.27. The molecule has 100 valence electrons. The Kier molecular flexibility index (Phi) is 6.18. The fourth-order valence-electron chi connectivity index (χ4n) is 1.37. The summed E-state index contributed by atoms with van der Waals surface area (Å²) in [5, 5.41) is 12.4. The summed E-state index contributed by atoms with van der Waals surface area (Å²) in [5.74, 6) is -0.308. The minimum Gasteiger partial charge on any atom is -0.480 e. The molecule has 0 fully saturated rings. The molecule has 18 heavy (non-hydrogen) atoms. The van der Waals surface area contributed by atoms with Gasteiger partial charge in [0.15, 0.2) is 0 Å². The molecule has 1 aromatic rings. The Balaban J connectivity index is 2.65. The molecular weight excluding hydrogens is 314 g/mol. The lowest BCUT2D eigenvalue weighted by molar-refractivity contribution is -0.143. The molecule has 1 atom stereocenters. The molecule has 0 aromatic heterocycles. The van der Waals surface area contributed by atoms with E-state index in [1.54, 1.807) is 18.7 Å². The van der Waals surface area contributed by atoms with Crippen molar-refractivity contribution in [2.24, 2.45) is 0 Å². The van der Waals surface area contributed by atoms with E-state index >= 15 is 0 Å². The maximum absolute atomic E-state index is 11.3. The van der Waals surface area contributed by atoms with Gasteiger partial charge in [-0.1, -0.05) is 28.9 Å². The number of aliphatic carboxylic acids is 1. The van der Waals surface area contributed by atoms with Crippen LogP contribution in [0.2, 0.25) is 0 Å². The Morgan fingerprint density at radius 2 is 2.28 bits per heavy atom. The van der Waals surface area contributed by atoms with Crippen LogP contribution in [0, 0.1) is 0 Å². The van der Waals surface area contributed by atoms with Crippen LogP contribution in [0.25, 0.3) is 0 Å². The molecular formula is C13H18BrNO2S. The molecule has 0 amide bonds. The molecule has 2 N–H and O–H groups in total. The third-order valence-corrected chi connectivity index (χ3v) is 4.36. The number of carbonyl (C=O) groups is 1. The Hall–Kier alpha value is -0.520. The van der Waals surface area contributed by atoms with Gasteiger partial charge in [-0.3, -0.25) is 4.79 Å². The first-order valence-corrected chi connectivity index (χ1v) is 7.62. The third kappa shape index (κ3) is 4.63. The van der Waals surface area contributed by atoms with Crippen molar-refractivity contribution in [3.8, 4) is 0 Å². The van der Waals surface area contributed by atoms with Gasteiger partial charge in [0.1, 0.15) is 5.54 Å². The molecule has 0 saturated carbocycles. The second kappa shape index (κ2) is 7.16. The lowest BCUT2D eigenvalue weighted by Gasteiger charge is -2.25. The largest absolute Gasteiger partial charge is 0.480 e. The molecule has 5 heteroatoms. The van der Waals surface area contributed by atoms with E-state index in [1.807, 2.05) is 31.2 Å². The fraction of sp³-hybridized carbons (Fsp3) is 0.462. The molecule has 1 aromatic carbocycles. The molecule has 3 nitrogen and oxygen atoms in total. The molecule has 0 saturated heterocycles. The van der Waals surface area contributed by atoms with Gasteiger partial charge in [0, 0.05) is 15.1 Å². The van der Waals surface area contributed by atoms with E-state index in [-0.39, 0.29) is 0 Å². The van der Waals surface area contributed by atoms with Crippen molar-refractivity contribution < 1.29 is 9.90 Å². The van der Waals surface area contributed by atoms with Gasteiger partial charge in [-0.15, -0.1) is 11.8 Å². The van der Waals surface area contributed by atoms with Crippen LogP contribution in [0.1, 0.15) is 20.3 Å². The number of hydrogen-bond acceptors (Lipinski definition) is 3. The van der Waals surface area contributed by atoms with Crippen molar-refractivity contribution in [2.75, 3.05) is 12.3 Å². The van der Waals surface area contributed by atoms with Crippen molar-refractivity contribution in [3.05, 3.63) is 28.7 Å². The molecule has 1 unspecified atom stereocenters. The van der Waals surface area contributed by atoms with E-state index in [9.17, 15) is 9.90 Å². The highest BCUT2D eigenvalue weighted by molar-refractivity contribution is 9.10. The normalized spacial score (nSPS) is 14.2. The zero-order valence-electron chi connectivity index (χ0n) is 10.6. The van der Waals surface area contributed by atoms with E-state index < -0.39 is 11.5 Å². The second-order valence-electron chi connectivity index (χ2n) is 4.31. The van der Waals surface area contributed by atoms with E-state index in [0.29, 0.717) is 12.3 Å². The smallest absolute Gasteiger partial charge is 0.324 e. The van der Waals surface area contributed by atoms with Crippen molar-refractivity contribution in [1.82, 2.24) is 5.32 Å². The van der Waals surface area contributed by atoms with Crippen LogP contribution in [0.5, 0.6) is 0 Å². The van der Waals surface area contributed by atoms with Gasteiger partial charge in [0.2, 0.25) is 0 Å². The summed E-state index contributed by atoms with van der Waals surface area (Å²) in [7, 11) is 0. The highest BCUT2D eigenvalue weighted by Gasteiger charge is 2.32. The SMILES string of the molecule is CCCNC(C)(CSc1cccc(Br)c1)C(=O)O. The minimum atomic E-state index is -0.886. The maximum Gasteiger partial charge on any atom is 0.324 e. The monoisotopic (exact) mass is 331 g/mol. The summed E-state index contributed by atoms with van der Waals surface area (Å²) in [6, 6.07) is 7.88. The van der Waals surface area contributed by atoms with E-state index in [1.165, 1.54) is 0 Å². The fourth-order valence-corrected chi connectivity index (χ4v) is 2.99. The molecule has 0 spiro atoms. The first kappa shape index (κ1) is 15.5. The highest BCUT2D eigenvalue weighted by atomic mass is 79.9. The third-order valence-electron chi connectivity index (χ3n) is 2.56. The summed E-state index contributed by atoms with van der Waals surface area (Å²) in [6.45, 7) is 4.47. The predicted molar refractivity (Wildman–Crippen MR) is 79.2 cm³/mol. The van der Waals surface area contributed by atoms with E-state index in [0.717, 1.165) is 15.8 Å². The molecule has 0 aliphatic carbocycles. The van der Waals surface area contributed by atoms with Gasteiger partial charge < -0.3 is 10.4 Å². The van der Waals surface area contributed by atoms with E-state index in [4.69, 9.17) is 0 Å². The highest BCUT2D eigenvalue weighted by Crippen LogP contribution is 2.25. The van der Waals surface area contributed by atoms with Crippen LogP contribution in [-0.4, -0.2) is 28.9 Å². The number of thioether (sulfide) groups is 1. The first-order valence-electron chi connectivity index (χ1n) is 5.85. The zero-order valence-corrected chi connectivity index (χ0v) is 13.0. The number of hydrogen-bond donors (Lipinski definition) is 2. The van der Waals surface area contributed by atoms with Gasteiger partial charge >= 0.3 is 5.97 Å². The number of halogens is 1. The molecule has 0 heterocycles. The van der Waals surface area contributed by atoms with Crippen LogP contribution in [0.3, 0.4) is 0 Å².